The van der Waals surface area contributed by atoms with Gasteiger partial charge in [0.25, 0.3) is 0 Å². The molecule has 0 spiro atoms. The molecule has 2 unspecified atom stereocenters. The second-order valence-electron chi connectivity index (χ2n) is 5.66. The van der Waals surface area contributed by atoms with E-state index in [1.165, 1.54) is 11.1 Å². The maximum Gasteiger partial charge on any atom is 0.123 e. The van der Waals surface area contributed by atoms with E-state index in [0.29, 0.717) is 5.92 Å². The lowest BCUT2D eigenvalue weighted by Gasteiger charge is -2.32. The quantitative estimate of drug-likeness (QED) is 0.669. The normalized spacial score (nSPS) is 18.9. The van der Waals surface area contributed by atoms with Gasteiger partial charge in [-0.15, -0.1) is 0 Å². The third-order valence-corrected chi connectivity index (χ3v) is 4.51. The number of rotatable bonds is 4. The molecular formula is C18H22N2O. The second-order valence-corrected chi connectivity index (χ2v) is 5.66. The summed E-state index contributed by atoms with van der Waals surface area (Å²) in [5.74, 6) is 7.26. The zero-order valence-corrected chi connectivity index (χ0v) is 12.4. The molecule has 2 aromatic rings. The number of hydrogen-bond donors (Lipinski definition) is 2. The number of hydrazine groups is 1. The molecule has 0 aliphatic heterocycles. The Morgan fingerprint density at radius 1 is 1.10 bits per heavy atom. The minimum Gasteiger partial charge on any atom is -0.496 e. The lowest BCUT2D eigenvalue weighted by Crippen LogP contribution is -2.36. The van der Waals surface area contributed by atoms with Gasteiger partial charge in [-0.2, -0.15) is 0 Å². The Morgan fingerprint density at radius 2 is 1.81 bits per heavy atom. The summed E-state index contributed by atoms with van der Waals surface area (Å²) in [6.45, 7) is 0. The van der Waals surface area contributed by atoms with Crippen LogP contribution in [0.1, 0.15) is 29.2 Å². The molecule has 0 heterocycles. The highest BCUT2D eigenvalue weighted by Gasteiger charge is 2.28. The standard InChI is InChI=1S/C18H22N2O/c1-21-17-9-5-4-8-16(17)18(20-19)15-11-10-13-6-2-3-7-14(13)12-15/h2-9,15,18,20H,10-12,19H2,1H3. The molecule has 0 radical (unpaired) electrons. The predicted molar refractivity (Wildman–Crippen MR) is 85.0 cm³/mol. The average molecular weight is 282 g/mol. The van der Waals surface area contributed by atoms with Crippen molar-refractivity contribution in [1.29, 1.82) is 0 Å². The van der Waals surface area contributed by atoms with Crippen LogP contribution in [-0.2, 0) is 12.8 Å². The smallest absolute Gasteiger partial charge is 0.123 e. The minimum atomic E-state index is 0.120. The van der Waals surface area contributed by atoms with Crippen molar-refractivity contribution < 1.29 is 4.74 Å². The summed E-state index contributed by atoms with van der Waals surface area (Å²) < 4.78 is 5.49. The SMILES string of the molecule is COc1ccccc1C(NN)C1CCc2ccccc2C1. The van der Waals surface area contributed by atoms with Crippen molar-refractivity contribution in [3.05, 3.63) is 65.2 Å². The molecule has 0 bridgehead atoms. The number of hydrogen-bond acceptors (Lipinski definition) is 3. The van der Waals surface area contributed by atoms with Crippen LogP contribution < -0.4 is 16.0 Å². The Morgan fingerprint density at radius 3 is 2.57 bits per heavy atom. The first kappa shape index (κ1) is 14.1. The summed E-state index contributed by atoms with van der Waals surface area (Å²) in [6.07, 6.45) is 3.32. The van der Waals surface area contributed by atoms with Crippen LogP contribution in [0.3, 0.4) is 0 Å². The number of fused-ring (bicyclic) bond motifs is 1. The number of aryl methyl sites for hydroxylation is 1. The van der Waals surface area contributed by atoms with E-state index in [0.717, 1.165) is 30.6 Å². The molecular weight excluding hydrogens is 260 g/mol. The first-order chi connectivity index (χ1) is 10.3. The Labute approximate surface area is 126 Å². The van der Waals surface area contributed by atoms with Gasteiger partial charge in [0.1, 0.15) is 5.75 Å². The van der Waals surface area contributed by atoms with Crippen LogP contribution >= 0.6 is 0 Å². The van der Waals surface area contributed by atoms with E-state index in [-0.39, 0.29) is 6.04 Å². The van der Waals surface area contributed by atoms with Crippen molar-refractivity contribution in [3.8, 4) is 5.75 Å². The van der Waals surface area contributed by atoms with Crippen LogP contribution in [0.4, 0.5) is 0 Å². The summed E-state index contributed by atoms with van der Waals surface area (Å²) in [5, 5.41) is 0. The highest BCUT2D eigenvalue weighted by Crippen LogP contribution is 2.36. The minimum absolute atomic E-state index is 0.120. The molecule has 2 atom stereocenters. The molecule has 3 N–H and O–H groups in total. The molecule has 3 rings (SSSR count). The fraction of sp³-hybridized carbons (Fsp3) is 0.333. The number of nitrogens with one attached hydrogen (secondary N) is 1. The maximum atomic E-state index is 5.87. The monoisotopic (exact) mass is 282 g/mol. The van der Waals surface area contributed by atoms with E-state index in [1.807, 2.05) is 18.2 Å². The van der Waals surface area contributed by atoms with Gasteiger partial charge in [0.05, 0.1) is 13.2 Å². The molecule has 21 heavy (non-hydrogen) atoms. The molecule has 3 nitrogen and oxygen atoms in total. The molecule has 0 saturated heterocycles. The molecule has 2 aromatic carbocycles. The first-order valence-corrected chi connectivity index (χ1v) is 7.49. The summed E-state index contributed by atoms with van der Waals surface area (Å²) in [4.78, 5) is 0. The van der Waals surface area contributed by atoms with Crippen LogP contribution in [0.15, 0.2) is 48.5 Å². The number of ether oxygens (including phenoxy) is 1. The molecule has 3 heteroatoms. The lowest BCUT2D eigenvalue weighted by atomic mass is 9.78. The Bertz CT molecular complexity index is 612. The van der Waals surface area contributed by atoms with Crippen LogP contribution in [-0.4, -0.2) is 7.11 Å². The summed E-state index contributed by atoms with van der Waals surface area (Å²) in [5.41, 5.74) is 7.08. The third kappa shape index (κ3) is 2.80. The Balaban J connectivity index is 1.88. The number of methoxy groups -OCH3 is 1. The number of para-hydroxylation sites is 1. The van der Waals surface area contributed by atoms with E-state index < -0.39 is 0 Å². The lowest BCUT2D eigenvalue weighted by molar-refractivity contribution is 0.316. The molecule has 1 aliphatic carbocycles. The summed E-state index contributed by atoms with van der Waals surface area (Å²) in [6, 6.07) is 17.0. The van der Waals surface area contributed by atoms with Crippen molar-refractivity contribution >= 4 is 0 Å². The van der Waals surface area contributed by atoms with Crippen LogP contribution in [0, 0.1) is 5.92 Å². The number of benzene rings is 2. The van der Waals surface area contributed by atoms with Gasteiger partial charge in [-0.3, -0.25) is 11.3 Å². The number of nitrogens with two attached hydrogens (primary N) is 1. The van der Waals surface area contributed by atoms with Gasteiger partial charge in [0, 0.05) is 5.56 Å². The molecule has 110 valence electrons. The Hall–Kier alpha value is -1.84. The molecule has 0 saturated carbocycles. The summed E-state index contributed by atoms with van der Waals surface area (Å²) in [7, 11) is 1.71. The van der Waals surface area contributed by atoms with E-state index in [9.17, 15) is 0 Å². The van der Waals surface area contributed by atoms with E-state index in [2.05, 4.69) is 35.8 Å². The van der Waals surface area contributed by atoms with Crippen LogP contribution in [0.25, 0.3) is 0 Å². The Kier molecular flexibility index (Phi) is 4.23. The first-order valence-electron chi connectivity index (χ1n) is 7.49. The van der Waals surface area contributed by atoms with Gasteiger partial charge in [0.2, 0.25) is 0 Å². The molecule has 0 fully saturated rings. The van der Waals surface area contributed by atoms with Crippen molar-refractivity contribution in [2.75, 3.05) is 7.11 Å². The zero-order valence-electron chi connectivity index (χ0n) is 12.4. The zero-order chi connectivity index (χ0) is 14.7. The molecule has 0 amide bonds. The van der Waals surface area contributed by atoms with Crippen LogP contribution in [0.2, 0.25) is 0 Å². The highest BCUT2D eigenvalue weighted by molar-refractivity contribution is 5.37. The summed E-state index contributed by atoms with van der Waals surface area (Å²) >= 11 is 0. The largest absolute Gasteiger partial charge is 0.496 e. The van der Waals surface area contributed by atoms with Gasteiger partial charge in [-0.25, -0.2) is 0 Å². The third-order valence-electron chi connectivity index (χ3n) is 4.51. The second kappa shape index (κ2) is 6.29. The van der Waals surface area contributed by atoms with Gasteiger partial charge >= 0.3 is 0 Å². The van der Waals surface area contributed by atoms with Crippen molar-refractivity contribution in [2.45, 2.75) is 25.3 Å². The molecule has 1 aliphatic rings. The van der Waals surface area contributed by atoms with E-state index in [4.69, 9.17) is 10.6 Å². The van der Waals surface area contributed by atoms with Gasteiger partial charge < -0.3 is 4.74 Å². The maximum absolute atomic E-state index is 5.87. The molecule has 0 aromatic heterocycles. The van der Waals surface area contributed by atoms with Crippen molar-refractivity contribution in [1.82, 2.24) is 5.43 Å². The van der Waals surface area contributed by atoms with Crippen LogP contribution in [0.5, 0.6) is 5.75 Å². The fourth-order valence-electron chi connectivity index (χ4n) is 3.41. The topological polar surface area (TPSA) is 47.3 Å². The highest BCUT2D eigenvalue weighted by atomic mass is 16.5. The average Bonchev–Trinajstić information content (AvgIpc) is 2.56. The van der Waals surface area contributed by atoms with E-state index in [1.54, 1.807) is 7.11 Å². The van der Waals surface area contributed by atoms with Gasteiger partial charge in [-0.1, -0.05) is 42.5 Å². The fourth-order valence-corrected chi connectivity index (χ4v) is 3.41. The van der Waals surface area contributed by atoms with Crippen molar-refractivity contribution in [3.63, 3.8) is 0 Å². The van der Waals surface area contributed by atoms with Crippen molar-refractivity contribution in [2.24, 2.45) is 11.8 Å². The van der Waals surface area contributed by atoms with Gasteiger partial charge in [-0.05, 0) is 42.4 Å². The van der Waals surface area contributed by atoms with E-state index >= 15 is 0 Å². The van der Waals surface area contributed by atoms with Gasteiger partial charge in [0.15, 0.2) is 0 Å². The predicted octanol–water partition coefficient (Wildman–Crippen LogP) is 3.00.